The molecule has 0 bridgehead atoms. The molecule has 3 atom stereocenters. The Balaban J connectivity index is 1.05. The number of aromatic nitrogens is 4. The van der Waals surface area contributed by atoms with Crippen LogP contribution in [-0.4, -0.2) is 63.6 Å². The van der Waals surface area contributed by atoms with E-state index in [4.69, 9.17) is 0 Å². The van der Waals surface area contributed by atoms with E-state index < -0.39 is 11.7 Å². The van der Waals surface area contributed by atoms with E-state index in [0.29, 0.717) is 48.8 Å². The molecule has 0 aliphatic carbocycles. The first-order valence-corrected chi connectivity index (χ1v) is 15.5. The number of nitrogens with zero attached hydrogens (tertiary/aromatic N) is 7. The maximum Gasteiger partial charge on any atom is 0.235 e. The van der Waals surface area contributed by atoms with Gasteiger partial charge < -0.3 is 20.4 Å². The molecule has 0 radical (unpaired) electrons. The second-order valence-corrected chi connectivity index (χ2v) is 12.4. The number of carbonyl (C=O) groups is 3. The van der Waals surface area contributed by atoms with Gasteiger partial charge in [-0.15, -0.1) is 0 Å². The van der Waals surface area contributed by atoms with Crippen LogP contribution in [0.15, 0.2) is 36.5 Å². The van der Waals surface area contributed by atoms with Crippen molar-refractivity contribution in [3.8, 4) is 6.07 Å². The number of nitrogens with one attached hydrogen (secondary N) is 3. The normalized spacial score (nSPS) is 21.1. The third-order valence-electron chi connectivity index (χ3n) is 9.42. The molecule has 0 spiro atoms. The van der Waals surface area contributed by atoms with Crippen molar-refractivity contribution in [1.29, 1.82) is 5.26 Å². The number of piperidine rings is 2. The summed E-state index contributed by atoms with van der Waals surface area (Å²) in [7, 11) is 3.47. The molecule has 3 N–H and O–H groups in total. The molecule has 4 aromatic rings. The molecule has 3 amide bonds. The maximum absolute atomic E-state index is 15.4. The van der Waals surface area contributed by atoms with Gasteiger partial charge in [-0.25, -0.2) is 9.37 Å². The van der Waals surface area contributed by atoms with Crippen LogP contribution in [0.1, 0.15) is 48.9 Å². The highest BCUT2D eigenvalue weighted by atomic mass is 19.1. The van der Waals surface area contributed by atoms with Crippen molar-refractivity contribution in [2.24, 2.45) is 13.0 Å². The fraction of sp³-hybridized carbons (Fsp3) is 0.364. The van der Waals surface area contributed by atoms with Crippen molar-refractivity contribution >= 4 is 57.5 Å². The van der Waals surface area contributed by atoms with Crippen LogP contribution in [0.3, 0.4) is 0 Å². The Hall–Kier alpha value is -5.58. The van der Waals surface area contributed by atoms with Gasteiger partial charge in [0.2, 0.25) is 23.7 Å². The molecular weight excluding hydrogens is 603 g/mol. The SMILES string of the molecule is C[C@@H]1CN(c2ncc(C#N)c(Nc3ccc4c(c3F)CC(=O)N4C)n2)CC[C@H]1Nc1ccc2c(C3CCC(=O)NC3=O)nn(C)c2c1. The summed E-state index contributed by atoms with van der Waals surface area (Å²) in [5.41, 5.74) is 3.67. The minimum Gasteiger partial charge on any atom is -0.382 e. The lowest BCUT2D eigenvalue weighted by molar-refractivity contribution is -0.134. The Morgan fingerprint density at radius 3 is 2.72 bits per heavy atom. The number of likely N-dealkylation sites (N-methyl/N-ethyl adjacent to an activating group) is 1. The van der Waals surface area contributed by atoms with E-state index in [0.717, 1.165) is 23.0 Å². The van der Waals surface area contributed by atoms with E-state index >= 15 is 4.39 Å². The molecular formula is C33H33FN10O3. The van der Waals surface area contributed by atoms with Gasteiger partial charge in [0.05, 0.1) is 41.1 Å². The number of rotatable bonds is 6. The van der Waals surface area contributed by atoms with Crippen LogP contribution < -0.4 is 25.8 Å². The zero-order valence-corrected chi connectivity index (χ0v) is 26.2. The van der Waals surface area contributed by atoms with Crippen molar-refractivity contribution in [1.82, 2.24) is 25.1 Å². The predicted octanol–water partition coefficient (Wildman–Crippen LogP) is 3.48. The first-order valence-electron chi connectivity index (χ1n) is 15.5. The molecule has 2 saturated heterocycles. The second-order valence-electron chi connectivity index (χ2n) is 12.4. The average molecular weight is 637 g/mol. The molecule has 2 aromatic heterocycles. The maximum atomic E-state index is 15.4. The van der Waals surface area contributed by atoms with E-state index in [-0.39, 0.29) is 53.2 Å². The van der Waals surface area contributed by atoms with Crippen molar-refractivity contribution < 1.29 is 18.8 Å². The minimum absolute atomic E-state index is 0.0203. The minimum atomic E-state index is -0.540. The lowest BCUT2D eigenvalue weighted by Gasteiger charge is -2.37. The quantitative estimate of drug-likeness (QED) is 0.267. The van der Waals surface area contributed by atoms with Crippen LogP contribution >= 0.6 is 0 Å². The zero-order chi connectivity index (χ0) is 33.0. The van der Waals surface area contributed by atoms with Gasteiger partial charge in [0.15, 0.2) is 11.6 Å². The number of hydrogen-bond donors (Lipinski definition) is 3. The molecule has 3 aliphatic rings. The largest absolute Gasteiger partial charge is 0.382 e. The summed E-state index contributed by atoms with van der Waals surface area (Å²) in [5.74, 6) is -0.904. The van der Waals surface area contributed by atoms with E-state index in [9.17, 15) is 19.6 Å². The van der Waals surface area contributed by atoms with E-state index in [1.165, 1.54) is 11.1 Å². The number of imide groups is 1. The van der Waals surface area contributed by atoms with Crippen molar-refractivity contribution in [2.45, 2.75) is 44.6 Å². The fourth-order valence-corrected chi connectivity index (χ4v) is 6.77. The summed E-state index contributed by atoms with van der Waals surface area (Å²) in [6.07, 6.45) is 2.95. The number of hydrogen-bond acceptors (Lipinski definition) is 10. The molecule has 5 heterocycles. The molecule has 7 rings (SSSR count). The van der Waals surface area contributed by atoms with Gasteiger partial charge in [0.25, 0.3) is 0 Å². The first kappa shape index (κ1) is 30.1. The summed E-state index contributed by atoms with van der Waals surface area (Å²) in [5, 5.41) is 24.3. The smallest absolute Gasteiger partial charge is 0.235 e. The van der Waals surface area contributed by atoms with Crippen molar-refractivity contribution in [3.63, 3.8) is 0 Å². The Morgan fingerprint density at radius 2 is 1.96 bits per heavy atom. The van der Waals surface area contributed by atoms with Gasteiger partial charge in [-0.05, 0) is 49.1 Å². The van der Waals surface area contributed by atoms with Gasteiger partial charge >= 0.3 is 0 Å². The molecule has 3 aliphatic heterocycles. The fourth-order valence-electron chi connectivity index (χ4n) is 6.77. The lowest BCUT2D eigenvalue weighted by Crippen LogP contribution is -2.46. The number of amides is 3. The molecule has 2 fully saturated rings. The molecule has 240 valence electrons. The molecule has 47 heavy (non-hydrogen) atoms. The number of fused-ring (bicyclic) bond motifs is 2. The molecule has 1 unspecified atom stereocenters. The number of nitriles is 1. The van der Waals surface area contributed by atoms with Gasteiger partial charge in [-0.3, -0.25) is 24.4 Å². The summed E-state index contributed by atoms with van der Waals surface area (Å²) in [6, 6.07) is 11.5. The van der Waals surface area contributed by atoms with Crippen LogP contribution in [-0.2, 0) is 27.9 Å². The third kappa shape index (κ3) is 5.37. The first-order chi connectivity index (χ1) is 22.6. The zero-order valence-electron chi connectivity index (χ0n) is 26.2. The molecule has 13 nitrogen and oxygen atoms in total. The molecule has 14 heteroatoms. The second kappa shape index (κ2) is 11.7. The number of carbonyl (C=O) groups excluding carboxylic acids is 3. The standard InChI is InChI=1S/C33H33FN10O3/c1-17-16-44(33-36-15-18(14-35)31(40-33)38-24-7-8-25-22(29(24)34)13-28(46)42(25)2)11-10-23(17)37-19-4-5-20-26(12-19)43(3)41-30(20)21-6-9-27(45)39-32(21)47/h4-5,7-8,12,15,17,21,23,37H,6,9-11,13,16H2,1-3H3,(H,36,38,40)(H,39,45,47)/t17-,21?,23-/m1/s1. The van der Waals surface area contributed by atoms with E-state index in [1.54, 1.807) is 23.9 Å². The highest BCUT2D eigenvalue weighted by Gasteiger charge is 2.33. The third-order valence-corrected chi connectivity index (χ3v) is 9.42. The van der Waals surface area contributed by atoms with Crippen LogP contribution in [0, 0.1) is 23.1 Å². The van der Waals surface area contributed by atoms with Crippen molar-refractivity contribution in [3.05, 3.63) is 59.2 Å². The van der Waals surface area contributed by atoms with Gasteiger partial charge in [-0.2, -0.15) is 15.3 Å². The Morgan fingerprint density at radius 1 is 1.13 bits per heavy atom. The number of aryl methyl sites for hydroxylation is 1. The number of halogens is 1. The highest BCUT2D eigenvalue weighted by molar-refractivity contribution is 6.03. The summed E-state index contributed by atoms with van der Waals surface area (Å²) < 4.78 is 17.1. The summed E-state index contributed by atoms with van der Waals surface area (Å²) >= 11 is 0. The van der Waals surface area contributed by atoms with E-state index in [1.807, 2.05) is 25.2 Å². The van der Waals surface area contributed by atoms with Crippen LogP contribution in [0.25, 0.3) is 10.9 Å². The van der Waals surface area contributed by atoms with Crippen LogP contribution in [0.4, 0.5) is 33.2 Å². The Kier molecular flexibility index (Phi) is 7.46. The predicted molar refractivity (Wildman–Crippen MR) is 173 cm³/mol. The Bertz CT molecular complexity index is 2000. The topological polar surface area (TPSA) is 161 Å². The average Bonchev–Trinajstić information content (AvgIpc) is 3.54. The van der Waals surface area contributed by atoms with Gasteiger partial charge in [-0.1, -0.05) is 6.92 Å². The summed E-state index contributed by atoms with van der Waals surface area (Å²) in [4.78, 5) is 48.8. The van der Waals surface area contributed by atoms with Gasteiger partial charge in [0, 0.05) is 56.3 Å². The van der Waals surface area contributed by atoms with Crippen molar-refractivity contribution in [2.75, 3.05) is 40.6 Å². The molecule has 2 aromatic carbocycles. The van der Waals surface area contributed by atoms with Crippen LogP contribution in [0.2, 0.25) is 0 Å². The number of benzene rings is 2. The monoisotopic (exact) mass is 636 g/mol. The molecule has 0 saturated carbocycles. The summed E-state index contributed by atoms with van der Waals surface area (Å²) in [6.45, 7) is 3.45. The highest BCUT2D eigenvalue weighted by Crippen LogP contribution is 2.36. The van der Waals surface area contributed by atoms with E-state index in [2.05, 4.69) is 48.9 Å². The lowest BCUT2D eigenvalue weighted by atomic mass is 9.92. The Labute approximate surface area is 269 Å². The number of anilines is 5. The van der Waals surface area contributed by atoms with Gasteiger partial charge in [0.1, 0.15) is 11.6 Å². The van der Waals surface area contributed by atoms with Crippen LogP contribution in [0.5, 0.6) is 0 Å².